The monoisotopic (exact) mass is 288 g/mol. The molecular weight excluding hydrogens is 272 g/mol. The summed E-state index contributed by atoms with van der Waals surface area (Å²) in [5, 5.41) is 3.69. The summed E-state index contributed by atoms with van der Waals surface area (Å²) in [6.45, 7) is 4.64. The maximum atomic E-state index is 3.69. The Bertz CT molecular complexity index is 326. The van der Waals surface area contributed by atoms with E-state index < -0.39 is 0 Å². The summed E-state index contributed by atoms with van der Waals surface area (Å²) in [6.07, 6.45) is 1.27. The molecular formula is C11H17BrN2S. The molecule has 84 valence electrons. The lowest BCUT2D eigenvalue weighted by Gasteiger charge is -2.18. The summed E-state index contributed by atoms with van der Waals surface area (Å²) in [4.78, 5) is 3.80. The number of hydrogen-bond donors (Lipinski definition) is 1. The smallest absolute Gasteiger partial charge is 0.0701 e. The van der Waals surface area contributed by atoms with Gasteiger partial charge in [0.05, 0.1) is 3.79 Å². The Morgan fingerprint density at radius 2 is 2.40 bits per heavy atom. The van der Waals surface area contributed by atoms with Gasteiger partial charge >= 0.3 is 0 Å². The highest BCUT2D eigenvalue weighted by molar-refractivity contribution is 9.11. The third-order valence-corrected chi connectivity index (χ3v) is 4.70. The van der Waals surface area contributed by atoms with Crippen molar-refractivity contribution in [2.24, 2.45) is 0 Å². The van der Waals surface area contributed by atoms with Crippen LogP contribution in [0.4, 0.5) is 0 Å². The van der Waals surface area contributed by atoms with Gasteiger partial charge in [0.1, 0.15) is 0 Å². The molecule has 0 aliphatic carbocycles. The Hall–Kier alpha value is 0.1000. The van der Waals surface area contributed by atoms with Gasteiger partial charge < -0.3 is 10.2 Å². The molecule has 0 radical (unpaired) electrons. The van der Waals surface area contributed by atoms with E-state index in [0.29, 0.717) is 12.1 Å². The maximum Gasteiger partial charge on any atom is 0.0701 e. The zero-order valence-electron chi connectivity index (χ0n) is 9.16. The summed E-state index contributed by atoms with van der Waals surface area (Å²) >= 11 is 5.33. The fourth-order valence-corrected chi connectivity index (χ4v) is 3.50. The zero-order chi connectivity index (χ0) is 10.8. The van der Waals surface area contributed by atoms with Crippen LogP contribution in [-0.4, -0.2) is 31.1 Å². The van der Waals surface area contributed by atoms with Crippen LogP contribution in [-0.2, 0) is 0 Å². The SMILES string of the molecule is C[C@H](N[C@H]1CCN(C)C1)c1ccc(Br)s1. The normalized spacial score (nSPS) is 24.6. The van der Waals surface area contributed by atoms with Gasteiger partial charge in [-0.1, -0.05) is 0 Å². The molecule has 0 saturated carbocycles. The number of nitrogens with one attached hydrogen (secondary N) is 1. The second-order valence-electron chi connectivity index (χ2n) is 4.28. The van der Waals surface area contributed by atoms with Gasteiger partial charge in [0, 0.05) is 23.5 Å². The molecule has 0 amide bonds. The number of hydrogen-bond acceptors (Lipinski definition) is 3. The van der Waals surface area contributed by atoms with Crippen LogP contribution < -0.4 is 5.32 Å². The van der Waals surface area contributed by atoms with E-state index >= 15 is 0 Å². The molecule has 1 fully saturated rings. The molecule has 1 aliphatic rings. The number of rotatable bonds is 3. The van der Waals surface area contributed by atoms with Crippen LogP contribution in [0, 0.1) is 0 Å². The van der Waals surface area contributed by atoms with Crippen molar-refractivity contribution in [1.29, 1.82) is 0 Å². The van der Waals surface area contributed by atoms with E-state index in [1.54, 1.807) is 0 Å². The molecule has 1 N–H and O–H groups in total. The molecule has 1 aromatic rings. The third-order valence-electron chi connectivity index (χ3n) is 2.90. The average molecular weight is 289 g/mol. The van der Waals surface area contributed by atoms with Crippen molar-refractivity contribution in [2.45, 2.75) is 25.4 Å². The second kappa shape index (κ2) is 4.95. The summed E-state index contributed by atoms with van der Waals surface area (Å²) < 4.78 is 1.22. The summed E-state index contributed by atoms with van der Waals surface area (Å²) in [5.41, 5.74) is 0. The molecule has 1 saturated heterocycles. The van der Waals surface area contributed by atoms with Gasteiger partial charge in [0.15, 0.2) is 0 Å². The topological polar surface area (TPSA) is 15.3 Å². The first-order valence-electron chi connectivity index (χ1n) is 5.35. The van der Waals surface area contributed by atoms with Crippen molar-refractivity contribution >= 4 is 27.3 Å². The van der Waals surface area contributed by atoms with E-state index in [4.69, 9.17) is 0 Å². The van der Waals surface area contributed by atoms with Gasteiger partial charge in [0.25, 0.3) is 0 Å². The summed E-state index contributed by atoms with van der Waals surface area (Å²) in [6, 6.07) is 5.45. The van der Waals surface area contributed by atoms with Crippen LogP contribution in [0.3, 0.4) is 0 Å². The van der Waals surface area contributed by atoms with Gasteiger partial charge in [0.2, 0.25) is 0 Å². The standard InChI is InChI=1S/C11H17BrN2S/c1-8(10-3-4-11(12)15-10)13-9-5-6-14(2)7-9/h3-4,8-9,13H,5-7H2,1-2H3/t8-,9-/m0/s1. The molecule has 2 atom stereocenters. The first-order chi connectivity index (χ1) is 7.15. The highest BCUT2D eigenvalue weighted by Gasteiger charge is 2.21. The fraction of sp³-hybridized carbons (Fsp3) is 0.636. The van der Waals surface area contributed by atoms with Crippen LogP contribution in [0.15, 0.2) is 15.9 Å². The molecule has 0 spiro atoms. The summed E-state index contributed by atoms with van der Waals surface area (Å²) in [7, 11) is 2.19. The van der Waals surface area contributed by atoms with E-state index in [1.807, 2.05) is 11.3 Å². The number of likely N-dealkylation sites (tertiary alicyclic amines) is 1. The molecule has 2 rings (SSSR count). The molecule has 0 unspecified atom stereocenters. The minimum absolute atomic E-state index is 0.470. The largest absolute Gasteiger partial charge is 0.305 e. The Morgan fingerprint density at radius 3 is 2.93 bits per heavy atom. The quantitative estimate of drug-likeness (QED) is 0.920. The Labute approximate surface area is 104 Å². The fourth-order valence-electron chi connectivity index (χ4n) is 2.07. The van der Waals surface area contributed by atoms with Crippen molar-refractivity contribution in [2.75, 3.05) is 20.1 Å². The molecule has 0 aromatic carbocycles. The molecule has 2 heterocycles. The Balaban J connectivity index is 1.89. The average Bonchev–Trinajstić information content (AvgIpc) is 2.75. The minimum atomic E-state index is 0.470. The highest BCUT2D eigenvalue weighted by Crippen LogP contribution is 2.27. The van der Waals surface area contributed by atoms with Gasteiger partial charge in [-0.15, -0.1) is 11.3 Å². The third kappa shape index (κ3) is 3.03. The van der Waals surface area contributed by atoms with Crippen LogP contribution in [0.2, 0.25) is 0 Å². The van der Waals surface area contributed by atoms with Crippen molar-refractivity contribution < 1.29 is 0 Å². The lowest BCUT2D eigenvalue weighted by molar-refractivity contribution is 0.388. The number of likely N-dealkylation sites (N-methyl/N-ethyl adjacent to an activating group) is 1. The lowest BCUT2D eigenvalue weighted by atomic mass is 10.2. The first-order valence-corrected chi connectivity index (χ1v) is 6.96. The lowest BCUT2D eigenvalue weighted by Crippen LogP contribution is -2.33. The van der Waals surface area contributed by atoms with E-state index in [0.717, 1.165) is 0 Å². The highest BCUT2D eigenvalue weighted by atomic mass is 79.9. The predicted octanol–water partition coefficient (Wildman–Crippen LogP) is 2.87. The molecule has 2 nitrogen and oxygen atoms in total. The van der Waals surface area contributed by atoms with Gasteiger partial charge in [-0.05, 0) is 55.0 Å². The van der Waals surface area contributed by atoms with E-state index in [1.165, 1.54) is 28.2 Å². The molecule has 0 bridgehead atoms. The Kier molecular flexibility index (Phi) is 3.83. The van der Waals surface area contributed by atoms with Crippen molar-refractivity contribution in [1.82, 2.24) is 10.2 Å². The van der Waals surface area contributed by atoms with Crippen molar-refractivity contribution in [3.8, 4) is 0 Å². The molecule has 1 aromatic heterocycles. The molecule has 1 aliphatic heterocycles. The van der Waals surface area contributed by atoms with Gasteiger partial charge in [-0.2, -0.15) is 0 Å². The van der Waals surface area contributed by atoms with Gasteiger partial charge in [-0.25, -0.2) is 0 Å². The van der Waals surface area contributed by atoms with Crippen molar-refractivity contribution in [3.05, 3.63) is 20.8 Å². The first kappa shape index (κ1) is 11.6. The number of thiophene rings is 1. The predicted molar refractivity (Wildman–Crippen MR) is 69.5 cm³/mol. The van der Waals surface area contributed by atoms with Crippen LogP contribution in [0.1, 0.15) is 24.3 Å². The molecule has 4 heteroatoms. The Morgan fingerprint density at radius 1 is 1.60 bits per heavy atom. The van der Waals surface area contributed by atoms with Crippen LogP contribution >= 0.6 is 27.3 Å². The van der Waals surface area contributed by atoms with Crippen molar-refractivity contribution in [3.63, 3.8) is 0 Å². The molecule has 15 heavy (non-hydrogen) atoms. The second-order valence-corrected chi connectivity index (χ2v) is 6.77. The zero-order valence-corrected chi connectivity index (χ0v) is 11.6. The van der Waals surface area contributed by atoms with E-state index in [9.17, 15) is 0 Å². The van der Waals surface area contributed by atoms with Gasteiger partial charge in [-0.3, -0.25) is 0 Å². The van der Waals surface area contributed by atoms with E-state index in [-0.39, 0.29) is 0 Å². The number of halogens is 1. The van der Waals surface area contributed by atoms with Crippen LogP contribution in [0.25, 0.3) is 0 Å². The summed E-state index contributed by atoms with van der Waals surface area (Å²) in [5.74, 6) is 0. The minimum Gasteiger partial charge on any atom is -0.305 e. The number of nitrogens with zero attached hydrogens (tertiary/aromatic N) is 1. The van der Waals surface area contributed by atoms with Crippen LogP contribution in [0.5, 0.6) is 0 Å². The maximum absolute atomic E-state index is 3.69. The van der Waals surface area contributed by atoms with E-state index in [2.05, 4.69) is 52.3 Å².